The minimum absolute atomic E-state index is 0.0187. The zero-order valence-corrected chi connectivity index (χ0v) is 11.6. The molecular weight excluding hydrogens is 294 g/mol. The molecular formula is C14H16BrNO2. The molecule has 18 heavy (non-hydrogen) atoms. The Morgan fingerprint density at radius 2 is 2.06 bits per heavy atom. The van der Waals surface area contributed by atoms with Gasteiger partial charge in [-0.25, -0.2) is 0 Å². The number of halogens is 1. The fraction of sp³-hybridized carbons (Fsp3) is 0.357. The Morgan fingerprint density at radius 3 is 2.56 bits per heavy atom. The molecule has 4 heteroatoms. The average Bonchev–Trinajstić information content (AvgIpc) is 2.33. The smallest absolute Gasteiger partial charge is 0.244 e. The van der Waals surface area contributed by atoms with E-state index < -0.39 is 0 Å². The van der Waals surface area contributed by atoms with Gasteiger partial charge in [-0.1, -0.05) is 28.1 Å². The number of hydrogen-bond donors (Lipinski definition) is 2. The molecule has 1 saturated carbocycles. The Kier molecular flexibility index (Phi) is 4.19. The molecule has 96 valence electrons. The van der Waals surface area contributed by atoms with Crippen LogP contribution in [0.15, 0.2) is 34.8 Å². The van der Waals surface area contributed by atoms with Gasteiger partial charge in [0, 0.05) is 10.5 Å². The van der Waals surface area contributed by atoms with Gasteiger partial charge in [0.2, 0.25) is 5.91 Å². The molecule has 1 aromatic carbocycles. The number of aliphatic hydroxyl groups is 1. The summed E-state index contributed by atoms with van der Waals surface area (Å²) in [5.74, 6) is -0.147. The van der Waals surface area contributed by atoms with E-state index in [-0.39, 0.29) is 18.1 Å². The van der Waals surface area contributed by atoms with Gasteiger partial charge in [0.05, 0.1) is 12.1 Å². The number of carbonyl (C=O) groups excluding carboxylic acids is 1. The lowest BCUT2D eigenvalue weighted by Gasteiger charge is -2.40. The topological polar surface area (TPSA) is 49.3 Å². The van der Waals surface area contributed by atoms with Crippen LogP contribution in [0.4, 0.5) is 0 Å². The van der Waals surface area contributed by atoms with E-state index in [1.165, 1.54) is 6.08 Å². The molecule has 1 aliphatic carbocycles. The Hall–Kier alpha value is -1.13. The lowest BCUT2D eigenvalue weighted by Crippen LogP contribution is -2.55. The van der Waals surface area contributed by atoms with Crippen molar-refractivity contribution < 1.29 is 9.90 Å². The number of benzene rings is 1. The summed E-state index contributed by atoms with van der Waals surface area (Å²) in [6.07, 6.45) is 6.07. The maximum Gasteiger partial charge on any atom is 0.244 e. The first-order valence-corrected chi connectivity index (χ1v) is 6.80. The molecule has 0 radical (unpaired) electrons. The first-order chi connectivity index (χ1) is 8.63. The summed E-state index contributed by atoms with van der Waals surface area (Å²) in [6, 6.07) is 7.72. The maximum atomic E-state index is 11.7. The summed E-state index contributed by atoms with van der Waals surface area (Å²) in [5, 5.41) is 12.1. The van der Waals surface area contributed by atoms with Crippen LogP contribution in [0.1, 0.15) is 24.8 Å². The Bertz CT molecular complexity index is 444. The van der Waals surface area contributed by atoms with E-state index in [1.807, 2.05) is 24.3 Å². The van der Waals surface area contributed by atoms with Crippen LogP contribution in [-0.4, -0.2) is 23.2 Å². The lowest BCUT2D eigenvalue weighted by molar-refractivity contribution is -0.120. The van der Waals surface area contributed by atoms with Crippen molar-refractivity contribution in [3.8, 4) is 0 Å². The SMILES string of the molecule is O=C(/C=C/c1ccc(Br)cc1)NC1(CO)CCC1. The molecule has 1 aliphatic rings. The van der Waals surface area contributed by atoms with Crippen LogP contribution in [-0.2, 0) is 4.79 Å². The van der Waals surface area contributed by atoms with Crippen molar-refractivity contribution in [3.63, 3.8) is 0 Å². The van der Waals surface area contributed by atoms with E-state index in [1.54, 1.807) is 6.08 Å². The largest absolute Gasteiger partial charge is 0.394 e. The molecule has 1 fully saturated rings. The van der Waals surface area contributed by atoms with Crippen molar-refractivity contribution in [2.45, 2.75) is 24.8 Å². The Morgan fingerprint density at radius 1 is 1.39 bits per heavy atom. The first-order valence-electron chi connectivity index (χ1n) is 6.00. The summed E-state index contributed by atoms with van der Waals surface area (Å²) in [6.45, 7) is 0.0187. The van der Waals surface area contributed by atoms with Crippen molar-refractivity contribution in [2.24, 2.45) is 0 Å². The molecule has 0 saturated heterocycles. The highest BCUT2D eigenvalue weighted by atomic mass is 79.9. The van der Waals surface area contributed by atoms with Crippen molar-refractivity contribution in [1.82, 2.24) is 5.32 Å². The fourth-order valence-corrected chi connectivity index (χ4v) is 2.24. The summed E-state index contributed by atoms with van der Waals surface area (Å²) in [4.78, 5) is 11.7. The normalized spacial score (nSPS) is 17.4. The highest BCUT2D eigenvalue weighted by molar-refractivity contribution is 9.10. The predicted octanol–water partition coefficient (Wildman–Crippen LogP) is 2.49. The molecule has 2 N–H and O–H groups in total. The third-order valence-electron chi connectivity index (χ3n) is 3.30. The Labute approximate surface area is 115 Å². The number of amides is 1. The van der Waals surface area contributed by atoms with E-state index in [0.29, 0.717) is 0 Å². The van der Waals surface area contributed by atoms with Gasteiger partial charge in [-0.15, -0.1) is 0 Å². The predicted molar refractivity (Wildman–Crippen MR) is 75.0 cm³/mol. The number of carbonyl (C=O) groups is 1. The van der Waals surface area contributed by atoms with Crippen LogP contribution >= 0.6 is 15.9 Å². The minimum Gasteiger partial charge on any atom is -0.394 e. The molecule has 3 nitrogen and oxygen atoms in total. The van der Waals surface area contributed by atoms with Crippen LogP contribution in [0.2, 0.25) is 0 Å². The molecule has 2 rings (SSSR count). The van der Waals surface area contributed by atoms with Gasteiger partial charge in [-0.2, -0.15) is 0 Å². The highest BCUT2D eigenvalue weighted by Gasteiger charge is 2.37. The number of hydrogen-bond acceptors (Lipinski definition) is 2. The number of aliphatic hydroxyl groups excluding tert-OH is 1. The quantitative estimate of drug-likeness (QED) is 0.840. The second-order valence-corrected chi connectivity index (χ2v) is 5.58. The molecule has 0 bridgehead atoms. The first kappa shape index (κ1) is 13.3. The van der Waals surface area contributed by atoms with Crippen LogP contribution in [0, 0.1) is 0 Å². The van der Waals surface area contributed by atoms with Gasteiger partial charge < -0.3 is 10.4 Å². The van der Waals surface area contributed by atoms with E-state index in [9.17, 15) is 9.90 Å². The molecule has 0 atom stereocenters. The maximum absolute atomic E-state index is 11.7. The Balaban J connectivity index is 1.92. The summed E-state index contributed by atoms with van der Waals surface area (Å²) in [5.41, 5.74) is 0.598. The molecule has 1 amide bonds. The molecule has 0 heterocycles. The van der Waals surface area contributed by atoms with Gasteiger partial charge in [0.15, 0.2) is 0 Å². The van der Waals surface area contributed by atoms with Crippen LogP contribution in [0.3, 0.4) is 0 Å². The molecule has 0 aliphatic heterocycles. The minimum atomic E-state index is -0.374. The van der Waals surface area contributed by atoms with Crippen LogP contribution < -0.4 is 5.32 Å². The summed E-state index contributed by atoms with van der Waals surface area (Å²) >= 11 is 3.36. The van der Waals surface area contributed by atoms with E-state index in [4.69, 9.17) is 0 Å². The third kappa shape index (κ3) is 3.21. The van der Waals surface area contributed by atoms with Gasteiger partial charge in [0.1, 0.15) is 0 Å². The number of nitrogens with one attached hydrogen (secondary N) is 1. The third-order valence-corrected chi connectivity index (χ3v) is 3.83. The number of rotatable bonds is 4. The summed E-state index contributed by atoms with van der Waals surface area (Å²) in [7, 11) is 0. The van der Waals surface area contributed by atoms with Crippen molar-refractivity contribution in [1.29, 1.82) is 0 Å². The van der Waals surface area contributed by atoms with Crippen molar-refractivity contribution in [2.75, 3.05) is 6.61 Å². The van der Waals surface area contributed by atoms with Crippen LogP contribution in [0.25, 0.3) is 6.08 Å². The zero-order valence-electron chi connectivity index (χ0n) is 10.0. The lowest BCUT2D eigenvalue weighted by atomic mass is 9.77. The van der Waals surface area contributed by atoms with Crippen molar-refractivity contribution in [3.05, 3.63) is 40.4 Å². The van der Waals surface area contributed by atoms with Crippen LogP contribution in [0.5, 0.6) is 0 Å². The highest BCUT2D eigenvalue weighted by Crippen LogP contribution is 2.31. The standard InChI is InChI=1S/C14H16BrNO2/c15-12-5-2-11(3-6-12)4-7-13(18)16-14(10-17)8-1-9-14/h2-7,17H,1,8-10H2,(H,16,18)/b7-4+. The van der Waals surface area contributed by atoms with Gasteiger partial charge >= 0.3 is 0 Å². The monoisotopic (exact) mass is 309 g/mol. The molecule has 0 unspecified atom stereocenters. The average molecular weight is 310 g/mol. The molecule has 0 aromatic heterocycles. The van der Waals surface area contributed by atoms with E-state index in [0.717, 1.165) is 29.3 Å². The second kappa shape index (κ2) is 5.67. The van der Waals surface area contributed by atoms with Gasteiger partial charge in [0.25, 0.3) is 0 Å². The van der Waals surface area contributed by atoms with Gasteiger partial charge in [-0.05, 0) is 43.0 Å². The van der Waals surface area contributed by atoms with Gasteiger partial charge in [-0.3, -0.25) is 4.79 Å². The van der Waals surface area contributed by atoms with E-state index >= 15 is 0 Å². The van der Waals surface area contributed by atoms with Crippen molar-refractivity contribution >= 4 is 27.9 Å². The molecule has 1 aromatic rings. The molecule has 0 spiro atoms. The second-order valence-electron chi connectivity index (χ2n) is 4.67. The zero-order chi connectivity index (χ0) is 13.0. The fourth-order valence-electron chi connectivity index (χ4n) is 1.98. The summed E-state index contributed by atoms with van der Waals surface area (Å²) < 4.78 is 1.01. The van der Waals surface area contributed by atoms with E-state index in [2.05, 4.69) is 21.2 Å².